The highest BCUT2D eigenvalue weighted by Crippen LogP contribution is 1.97. The normalized spacial score (nSPS) is 18.7. The van der Waals surface area contributed by atoms with Crippen molar-refractivity contribution < 1.29 is 4.74 Å². The van der Waals surface area contributed by atoms with Crippen LogP contribution in [0.5, 0.6) is 0 Å². The summed E-state index contributed by atoms with van der Waals surface area (Å²) in [6.07, 6.45) is 0. The zero-order valence-electron chi connectivity index (χ0n) is 4.52. The summed E-state index contributed by atoms with van der Waals surface area (Å²) in [6, 6.07) is 0. The van der Waals surface area contributed by atoms with E-state index in [1.54, 1.807) is 6.92 Å². The Morgan fingerprint density at radius 1 is 1.57 bits per heavy atom. The second-order valence-corrected chi connectivity index (χ2v) is 2.94. The van der Waals surface area contributed by atoms with Crippen molar-refractivity contribution in [3.05, 3.63) is 0 Å². The van der Waals surface area contributed by atoms with Gasteiger partial charge in [-0.05, 0) is 11.9 Å². The smallest absolute Gasteiger partial charge is 0.170 e. The molecule has 2 unspecified atom stereocenters. The standard InChI is InChI=1S/C4H8ClO.Al/c1-3-6-4(2)5;/h3-4H,1-2H3;. The van der Waals surface area contributed by atoms with Gasteiger partial charge in [0.25, 0.3) is 0 Å². The predicted molar refractivity (Wildman–Crippen MR) is 31.6 cm³/mol. The Morgan fingerprint density at radius 2 is 2.00 bits per heavy atom. The quantitative estimate of drug-likeness (QED) is 0.406. The van der Waals surface area contributed by atoms with Crippen LogP contribution in [0, 0.1) is 0 Å². The lowest BCUT2D eigenvalue weighted by atomic mass is 10.8. The summed E-state index contributed by atoms with van der Waals surface area (Å²) >= 11 is 7.93. The number of ether oxygens (including phenoxy) is 1. The third kappa shape index (κ3) is 6.78. The first-order valence-electron chi connectivity index (χ1n) is 2.18. The molecular weight excluding hydrogens is 126 g/mol. The summed E-state index contributed by atoms with van der Waals surface area (Å²) in [5.74, 6) is 0. The highest BCUT2D eigenvalue weighted by atomic mass is 35.5. The van der Waals surface area contributed by atoms with Crippen LogP contribution in [0.25, 0.3) is 0 Å². The lowest BCUT2D eigenvalue weighted by Crippen LogP contribution is -2.11. The Balaban J connectivity index is 2.95. The summed E-state index contributed by atoms with van der Waals surface area (Å²) in [5, 5.41) is 0. The van der Waals surface area contributed by atoms with Crippen molar-refractivity contribution in [2.75, 3.05) is 0 Å². The molecule has 0 bridgehead atoms. The zero-order valence-corrected chi connectivity index (χ0v) is 6.43. The van der Waals surface area contributed by atoms with Crippen LogP contribution in [0.3, 0.4) is 0 Å². The highest BCUT2D eigenvalue weighted by Gasteiger charge is 1.95. The molecule has 0 fully saturated rings. The van der Waals surface area contributed by atoms with Crippen molar-refractivity contribution in [1.29, 1.82) is 0 Å². The molecule has 0 saturated heterocycles. The molecule has 2 atom stereocenters. The molecular formula is C4H8AlClO. The molecule has 0 aromatic carbocycles. The Labute approximate surface area is 57.4 Å². The molecule has 40 valence electrons. The molecule has 0 aliphatic carbocycles. The van der Waals surface area contributed by atoms with E-state index in [2.05, 4.69) is 16.3 Å². The molecule has 0 rings (SSSR count). The van der Waals surface area contributed by atoms with Gasteiger partial charge in [-0.25, -0.2) is 0 Å². The van der Waals surface area contributed by atoms with E-state index in [1.807, 2.05) is 6.92 Å². The van der Waals surface area contributed by atoms with Crippen molar-refractivity contribution >= 4 is 27.9 Å². The lowest BCUT2D eigenvalue weighted by Gasteiger charge is -2.08. The van der Waals surface area contributed by atoms with Crippen LogP contribution < -0.4 is 0 Å². The second-order valence-electron chi connectivity index (χ2n) is 1.38. The Hall–Kier alpha value is 0.782. The minimum absolute atomic E-state index is 0.160. The molecule has 3 heteroatoms. The fraction of sp³-hybridized carbons (Fsp3) is 1.00. The fourth-order valence-electron chi connectivity index (χ4n) is 0.296. The van der Waals surface area contributed by atoms with Crippen LogP contribution in [0.4, 0.5) is 0 Å². The molecule has 0 aromatic heterocycles. The van der Waals surface area contributed by atoms with Crippen molar-refractivity contribution in [3.8, 4) is 0 Å². The maximum Gasteiger partial charge on any atom is 0.170 e. The zero-order chi connectivity index (χ0) is 5.86. The predicted octanol–water partition coefficient (Wildman–Crippen LogP) is 1.10. The van der Waals surface area contributed by atoms with Crippen LogP contribution in [-0.4, -0.2) is 26.8 Å². The monoisotopic (exact) mass is 134 g/mol. The molecule has 0 aromatic rings. The van der Waals surface area contributed by atoms with Crippen molar-refractivity contribution in [3.63, 3.8) is 0 Å². The molecule has 2 radical (unpaired) electrons. The van der Waals surface area contributed by atoms with E-state index in [0.717, 1.165) is 0 Å². The van der Waals surface area contributed by atoms with E-state index in [-0.39, 0.29) is 10.5 Å². The second kappa shape index (κ2) is 3.74. The first kappa shape index (κ1) is 7.78. The van der Waals surface area contributed by atoms with E-state index < -0.39 is 0 Å². The molecule has 0 N–H and O–H groups in total. The van der Waals surface area contributed by atoms with Crippen LogP contribution in [0.1, 0.15) is 13.8 Å². The molecule has 0 amide bonds. The Kier molecular flexibility index (Phi) is 4.16. The van der Waals surface area contributed by atoms with Crippen LogP contribution in [0.2, 0.25) is 0 Å². The van der Waals surface area contributed by atoms with Gasteiger partial charge in [0.1, 0.15) is 5.56 Å². The molecule has 0 saturated carbocycles. The first-order valence-corrected chi connectivity index (χ1v) is 3.28. The van der Waals surface area contributed by atoms with E-state index >= 15 is 0 Å². The Morgan fingerprint density at radius 3 is 2.00 bits per heavy atom. The molecule has 0 spiro atoms. The number of hydrogen-bond donors (Lipinski definition) is 0. The van der Waals surface area contributed by atoms with Crippen molar-refractivity contribution in [2.24, 2.45) is 0 Å². The van der Waals surface area contributed by atoms with Crippen LogP contribution >= 0.6 is 11.6 Å². The van der Waals surface area contributed by atoms with E-state index in [0.29, 0.717) is 0 Å². The number of alkyl halides is 1. The van der Waals surface area contributed by atoms with E-state index in [9.17, 15) is 0 Å². The van der Waals surface area contributed by atoms with Gasteiger partial charge in [-0.15, -0.1) is 0 Å². The SMILES string of the molecule is C[CH]([Al])OC(C)Cl. The van der Waals surface area contributed by atoms with Crippen LogP contribution in [-0.2, 0) is 4.74 Å². The van der Waals surface area contributed by atoms with Gasteiger partial charge in [-0.2, -0.15) is 0 Å². The van der Waals surface area contributed by atoms with Gasteiger partial charge in [-0.3, -0.25) is 0 Å². The van der Waals surface area contributed by atoms with Crippen LogP contribution in [0.15, 0.2) is 0 Å². The average Bonchev–Trinajstić information content (AvgIpc) is 1.27. The highest BCUT2D eigenvalue weighted by molar-refractivity contribution is 6.19. The topological polar surface area (TPSA) is 9.23 Å². The maximum absolute atomic E-state index is 5.44. The molecule has 7 heavy (non-hydrogen) atoms. The lowest BCUT2D eigenvalue weighted by molar-refractivity contribution is 0.104. The summed E-state index contributed by atoms with van der Waals surface area (Å²) < 4.78 is 4.98. The largest absolute Gasteiger partial charge is 0.377 e. The summed E-state index contributed by atoms with van der Waals surface area (Å²) in [7, 11) is 0. The third-order valence-corrected chi connectivity index (χ3v) is 0.662. The summed E-state index contributed by atoms with van der Waals surface area (Å²) in [4.78, 5) is 0.160. The Bertz CT molecular complexity index is 41.0. The van der Waals surface area contributed by atoms with E-state index in [1.165, 1.54) is 0 Å². The van der Waals surface area contributed by atoms with Gasteiger partial charge in [0.05, 0.1) is 0 Å². The summed E-state index contributed by atoms with van der Waals surface area (Å²) in [6.45, 7) is 3.71. The third-order valence-electron chi connectivity index (χ3n) is 0.402. The van der Waals surface area contributed by atoms with Gasteiger partial charge in [0, 0.05) is 0 Å². The van der Waals surface area contributed by atoms with Gasteiger partial charge in [0.15, 0.2) is 16.3 Å². The minimum atomic E-state index is -0.174. The van der Waals surface area contributed by atoms with Crippen molar-refractivity contribution in [1.82, 2.24) is 0 Å². The maximum atomic E-state index is 5.44. The summed E-state index contributed by atoms with van der Waals surface area (Å²) in [5.41, 5.74) is -0.174. The van der Waals surface area contributed by atoms with Gasteiger partial charge in [-0.1, -0.05) is 18.5 Å². The van der Waals surface area contributed by atoms with Gasteiger partial charge < -0.3 is 4.74 Å². The molecule has 0 aliphatic rings. The minimum Gasteiger partial charge on any atom is -0.377 e. The van der Waals surface area contributed by atoms with Gasteiger partial charge >= 0.3 is 0 Å². The van der Waals surface area contributed by atoms with E-state index in [4.69, 9.17) is 16.3 Å². The van der Waals surface area contributed by atoms with Gasteiger partial charge in [0.2, 0.25) is 0 Å². The fourth-order valence-corrected chi connectivity index (χ4v) is 0.793. The molecule has 0 aliphatic heterocycles. The first-order chi connectivity index (χ1) is 3.13. The van der Waals surface area contributed by atoms with Crippen molar-refractivity contribution in [2.45, 2.75) is 24.4 Å². The molecule has 1 nitrogen and oxygen atoms in total. The average molecular weight is 135 g/mol. The number of rotatable bonds is 2. The molecule has 0 heterocycles. The number of halogens is 1. The number of hydrogen-bond acceptors (Lipinski definition) is 1.